The van der Waals surface area contributed by atoms with Crippen LogP contribution in [0.1, 0.15) is 47.8 Å². The van der Waals surface area contributed by atoms with Crippen LogP contribution in [-0.4, -0.2) is 22.8 Å². The lowest BCUT2D eigenvalue weighted by Gasteiger charge is -2.28. The van der Waals surface area contributed by atoms with E-state index in [4.69, 9.17) is 0 Å². The summed E-state index contributed by atoms with van der Waals surface area (Å²) >= 11 is 0. The summed E-state index contributed by atoms with van der Waals surface area (Å²) in [5.74, 6) is -0.213. The Morgan fingerprint density at radius 1 is 1.12 bits per heavy atom. The van der Waals surface area contributed by atoms with Gasteiger partial charge in [0.1, 0.15) is 6.04 Å². The van der Waals surface area contributed by atoms with Gasteiger partial charge in [-0.1, -0.05) is 55.5 Å². The van der Waals surface area contributed by atoms with Crippen LogP contribution in [0.4, 0.5) is 0 Å². The van der Waals surface area contributed by atoms with E-state index in [2.05, 4.69) is 5.32 Å². The molecule has 1 aliphatic heterocycles. The first-order chi connectivity index (χ1) is 11.6. The molecular weight excluding hydrogens is 300 g/mol. The lowest BCUT2D eigenvalue weighted by atomic mass is 10.0. The molecule has 0 aromatic heterocycles. The molecule has 24 heavy (non-hydrogen) atoms. The first-order valence-corrected chi connectivity index (χ1v) is 8.36. The van der Waals surface area contributed by atoms with Crippen molar-refractivity contribution in [3.05, 3.63) is 71.3 Å². The zero-order valence-corrected chi connectivity index (χ0v) is 14.0. The fraction of sp³-hybridized carbons (Fsp3) is 0.300. The van der Waals surface area contributed by atoms with Crippen molar-refractivity contribution in [3.63, 3.8) is 0 Å². The van der Waals surface area contributed by atoms with Crippen LogP contribution in [0.15, 0.2) is 54.6 Å². The number of benzene rings is 2. The van der Waals surface area contributed by atoms with Crippen LogP contribution >= 0.6 is 0 Å². The van der Waals surface area contributed by atoms with Crippen molar-refractivity contribution >= 4 is 11.8 Å². The van der Waals surface area contributed by atoms with Crippen molar-refractivity contribution in [1.29, 1.82) is 0 Å². The van der Waals surface area contributed by atoms with Gasteiger partial charge in [-0.3, -0.25) is 9.59 Å². The fourth-order valence-electron chi connectivity index (χ4n) is 3.02. The van der Waals surface area contributed by atoms with Crippen LogP contribution in [-0.2, 0) is 11.3 Å². The van der Waals surface area contributed by atoms with Gasteiger partial charge in [0.25, 0.3) is 5.91 Å². The summed E-state index contributed by atoms with van der Waals surface area (Å²) in [5, 5.41) is 3.02. The molecule has 1 N–H and O–H groups in total. The predicted octanol–water partition coefficient (Wildman–Crippen LogP) is 3.30. The maximum Gasteiger partial charge on any atom is 0.255 e. The second-order valence-corrected chi connectivity index (χ2v) is 6.22. The topological polar surface area (TPSA) is 49.4 Å². The molecule has 0 fully saturated rings. The van der Waals surface area contributed by atoms with Crippen LogP contribution in [0.25, 0.3) is 0 Å². The molecule has 4 nitrogen and oxygen atoms in total. The first-order valence-electron chi connectivity index (χ1n) is 8.36. The maximum atomic E-state index is 12.9. The van der Waals surface area contributed by atoms with Gasteiger partial charge in [-0.05, 0) is 30.5 Å². The average Bonchev–Trinajstić information content (AvgIpc) is 2.93. The third-order valence-corrected chi connectivity index (χ3v) is 4.53. The van der Waals surface area contributed by atoms with Gasteiger partial charge in [-0.25, -0.2) is 0 Å². The molecule has 2 aromatic rings. The number of carbonyl (C=O) groups excluding carboxylic acids is 2. The Kier molecular flexibility index (Phi) is 4.65. The van der Waals surface area contributed by atoms with Crippen LogP contribution in [0, 0.1) is 0 Å². The molecule has 0 bridgehead atoms. The summed E-state index contributed by atoms with van der Waals surface area (Å²) in [5.41, 5.74) is 2.49. The number of fused-ring (bicyclic) bond motifs is 1. The first kappa shape index (κ1) is 16.2. The highest BCUT2D eigenvalue weighted by atomic mass is 16.2. The molecule has 0 spiro atoms. The number of hydrogen-bond acceptors (Lipinski definition) is 2. The van der Waals surface area contributed by atoms with Gasteiger partial charge in [0, 0.05) is 18.2 Å². The number of nitrogens with zero attached hydrogens (tertiary/aromatic N) is 1. The van der Waals surface area contributed by atoms with E-state index in [-0.39, 0.29) is 17.9 Å². The Balaban J connectivity index is 1.94. The fourth-order valence-corrected chi connectivity index (χ4v) is 3.02. The third-order valence-electron chi connectivity index (χ3n) is 4.53. The molecule has 1 heterocycles. The molecule has 4 heteroatoms. The highest BCUT2D eigenvalue weighted by Crippen LogP contribution is 2.31. The normalized spacial score (nSPS) is 15.8. The summed E-state index contributed by atoms with van der Waals surface area (Å²) in [6.07, 6.45) is 0.849. The minimum absolute atomic E-state index is 0.0730. The van der Waals surface area contributed by atoms with E-state index in [9.17, 15) is 9.59 Å². The Morgan fingerprint density at radius 2 is 1.79 bits per heavy atom. The molecule has 0 radical (unpaired) electrons. The van der Waals surface area contributed by atoms with Crippen molar-refractivity contribution in [2.24, 2.45) is 0 Å². The highest BCUT2D eigenvalue weighted by Gasteiger charge is 2.37. The van der Waals surface area contributed by atoms with E-state index >= 15 is 0 Å². The summed E-state index contributed by atoms with van der Waals surface area (Å²) < 4.78 is 0. The minimum atomic E-state index is -0.611. The van der Waals surface area contributed by atoms with E-state index in [0.29, 0.717) is 12.1 Å². The van der Waals surface area contributed by atoms with Crippen LogP contribution < -0.4 is 5.32 Å². The molecule has 0 aliphatic carbocycles. The number of nitrogens with one attached hydrogen (secondary N) is 1. The second-order valence-electron chi connectivity index (χ2n) is 6.22. The summed E-state index contributed by atoms with van der Waals surface area (Å²) in [7, 11) is 0. The molecule has 3 rings (SSSR count). The zero-order chi connectivity index (χ0) is 17.1. The summed E-state index contributed by atoms with van der Waals surface area (Å²) in [6, 6.07) is 16.5. The second kappa shape index (κ2) is 6.87. The summed E-state index contributed by atoms with van der Waals surface area (Å²) in [4.78, 5) is 27.4. The summed E-state index contributed by atoms with van der Waals surface area (Å²) in [6.45, 7) is 4.46. The lowest BCUT2D eigenvalue weighted by molar-refractivity contribution is -0.126. The molecule has 0 unspecified atom stereocenters. The van der Waals surface area contributed by atoms with Crippen LogP contribution in [0.5, 0.6) is 0 Å². The molecule has 0 saturated carbocycles. The van der Waals surface area contributed by atoms with Gasteiger partial charge in [-0.15, -0.1) is 0 Å². The van der Waals surface area contributed by atoms with E-state index in [1.54, 1.807) is 4.90 Å². The van der Waals surface area contributed by atoms with E-state index in [0.717, 1.165) is 17.5 Å². The van der Waals surface area contributed by atoms with Gasteiger partial charge in [0.15, 0.2) is 0 Å². The number of carbonyl (C=O) groups is 2. The molecule has 0 saturated heterocycles. The van der Waals surface area contributed by atoms with Gasteiger partial charge >= 0.3 is 0 Å². The Bertz CT molecular complexity index is 742. The molecule has 2 amide bonds. The SMILES string of the molecule is CC[C@H](C)NC(=O)[C@@H](c1ccccc1)N1Cc2ccccc2C1=O. The molecule has 1 aliphatic rings. The predicted molar refractivity (Wildman–Crippen MR) is 93.4 cm³/mol. The molecule has 2 aromatic carbocycles. The number of amides is 2. The highest BCUT2D eigenvalue weighted by molar-refractivity contribution is 6.01. The number of rotatable bonds is 5. The Labute approximate surface area is 142 Å². The number of hydrogen-bond donors (Lipinski definition) is 1. The average molecular weight is 322 g/mol. The molecule has 124 valence electrons. The van der Waals surface area contributed by atoms with Gasteiger partial charge in [-0.2, -0.15) is 0 Å². The zero-order valence-electron chi connectivity index (χ0n) is 14.0. The maximum absolute atomic E-state index is 12.9. The smallest absolute Gasteiger partial charge is 0.255 e. The third kappa shape index (κ3) is 3.04. The van der Waals surface area contributed by atoms with Crippen molar-refractivity contribution in [3.8, 4) is 0 Å². The van der Waals surface area contributed by atoms with Gasteiger partial charge in [0.2, 0.25) is 5.91 Å². The van der Waals surface area contributed by atoms with E-state index < -0.39 is 6.04 Å². The van der Waals surface area contributed by atoms with Crippen molar-refractivity contribution < 1.29 is 9.59 Å². The Morgan fingerprint density at radius 3 is 2.46 bits per heavy atom. The quantitative estimate of drug-likeness (QED) is 0.918. The van der Waals surface area contributed by atoms with Gasteiger partial charge < -0.3 is 10.2 Å². The van der Waals surface area contributed by atoms with E-state index in [1.165, 1.54) is 0 Å². The monoisotopic (exact) mass is 322 g/mol. The molecule has 2 atom stereocenters. The largest absolute Gasteiger partial charge is 0.352 e. The standard InChI is InChI=1S/C20H22N2O2/c1-3-14(2)21-19(23)18(15-9-5-4-6-10-15)22-13-16-11-7-8-12-17(16)20(22)24/h4-12,14,18H,3,13H2,1-2H3,(H,21,23)/t14-,18+/m0/s1. The van der Waals surface area contributed by atoms with E-state index in [1.807, 2.05) is 68.4 Å². The van der Waals surface area contributed by atoms with Crippen LogP contribution in [0.2, 0.25) is 0 Å². The van der Waals surface area contributed by atoms with Crippen molar-refractivity contribution in [1.82, 2.24) is 10.2 Å². The lowest BCUT2D eigenvalue weighted by Crippen LogP contribution is -2.43. The van der Waals surface area contributed by atoms with Crippen molar-refractivity contribution in [2.75, 3.05) is 0 Å². The van der Waals surface area contributed by atoms with Crippen molar-refractivity contribution in [2.45, 2.75) is 38.9 Å². The molecular formula is C20H22N2O2. The Hall–Kier alpha value is -2.62. The van der Waals surface area contributed by atoms with Crippen LogP contribution in [0.3, 0.4) is 0 Å². The van der Waals surface area contributed by atoms with Gasteiger partial charge in [0.05, 0.1) is 0 Å². The minimum Gasteiger partial charge on any atom is -0.352 e.